The molecule has 11 heteroatoms. The van der Waals surface area contributed by atoms with E-state index in [1.807, 2.05) is 0 Å². The summed E-state index contributed by atoms with van der Waals surface area (Å²) in [7, 11) is 0. The summed E-state index contributed by atoms with van der Waals surface area (Å²) in [6.45, 7) is 0. The van der Waals surface area contributed by atoms with Crippen molar-refractivity contribution in [3.8, 4) is 34.5 Å². The van der Waals surface area contributed by atoms with Crippen LogP contribution in [0.4, 0.5) is 0 Å². The molecule has 4 aromatic carbocycles. The van der Waals surface area contributed by atoms with E-state index >= 15 is 0 Å². The van der Waals surface area contributed by atoms with Crippen molar-refractivity contribution >= 4 is 92.8 Å². The molecule has 0 radical (unpaired) electrons. The first kappa shape index (κ1) is 26.7. The SMILES string of the molecule is Clc1cc(Cl)cc(Oc2c(Oc3ccc(Cl)c(Cl)c3)cc(Cl)c(Oc3ccc(Cl)cc3Cl)c2Cl)c1. The quantitative estimate of drug-likeness (QED) is 0.212. The highest BCUT2D eigenvalue weighted by atomic mass is 35.5. The smallest absolute Gasteiger partial charge is 0.192 e. The Morgan fingerprint density at radius 3 is 1.77 bits per heavy atom. The lowest BCUT2D eigenvalue weighted by molar-refractivity contribution is 0.412. The van der Waals surface area contributed by atoms with Crippen LogP contribution < -0.4 is 14.2 Å². The largest absolute Gasteiger partial charge is 0.453 e. The van der Waals surface area contributed by atoms with Gasteiger partial charge in [-0.25, -0.2) is 0 Å². The number of halogens is 8. The molecule has 0 amide bonds. The molecule has 180 valence electrons. The second-order valence-electron chi connectivity index (χ2n) is 6.89. The van der Waals surface area contributed by atoms with E-state index < -0.39 is 0 Å². The van der Waals surface area contributed by atoms with Gasteiger partial charge in [-0.3, -0.25) is 0 Å². The predicted octanol–water partition coefficient (Wildman–Crippen LogP) is 12.3. The van der Waals surface area contributed by atoms with E-state index in [0.29, 0.717) is 36.6 Å². The van der Waals surface area contributed by atoms with Crippen LogP contribution in [0, 0.1) is 0 Å². The summed E-state index contributed by atoms with van der Waals surface area (Å²) in [5, 5.41) is 2.17. The highest BCUT2D eigenvalue weighted by Gasteiger charge is 2.23. The lowest BCUT2D eigenvalue weighted by atomic mass is 10.2. The van der Waals surface area contributed by atoms with Crippen LogP contribution in [0.5, 0.6) is 34.5 Å². The summed E-state index contributed by atoms with van der Waals surface area (Å²) < 4.78 is 17.9. The molecule has 0 aromatic heterocycles. The Balaban J connectivity index is 1.82. The first-order chi connectivity index (χ1) is 16.6. The van der Waals surface area contributed by atoms with Gasteiger partial charge in [-0.15, -0.1) is 0 Å². The molecule has 0 heterocycles. The third kappa shape index (κ3) is 6.49. The zero-order valence-electron chi connectivity index (χ0n) is 17.0. The molecule has 0 N–H and O–H groups in total. The summed E-state index contributed by atoms with van der Waals surface area (Å²) in [6.07, 6.45) is 0. The molecule has 0 saturated carbocycles. The van der Waals surface area contributed by atoms with Crippen LogP contribution in [0.1, 0.15) is 0 Å². The molecule has 0 aliphatic rings. The molecule has 4 rings (SSSR count). The van der Waals surface area contributed by atoms with Crippen molar-refractivity contribution in [3.05, 3.63) is 101 Å². The van der Waals surface area contributed by atoms with Gasteiger partial charge in [0, 0.05) is 27.2 Å². The van der Waals surface area contributed by atoms with Crippen LogP contribution in [0.3, 0.4) is 0 Å². The topological polar surface area (TPSA) is 27.7 Å². The van der Waals surface area contributed by atoms with Crippen molar-refractivity contribution in [2.45, 2.75) is 0 Å². The molecule has 0 bridgehead atoms. The average Bonchev–Trinajstić information content (AvgIpc) is 2.77. The van der Waals surface area contributed by atoms with Gasteiger partial charge in [0.05, 0.1) is 20.1 Å². The summed E-state index contributed by atoms with van der Waals surface area (Å²) in [5.74, 6) is 1.22. The number of hydrogen-bond donors (Lipinski definition) is 0. The van der Waals surface area contributed by atoms with E-state index in [4.69, 9.17) is 107 Å². The molecule has 0 atom stereocenters. The lowest BCUT2D eigenvalue weighted by Crippen LogP contribution is -1.96. The normalized spacial score (nSPS) is 10.9. The summed E-state index contributed by atoms with van der Waals surface area (Å²) in [4.78, 5) is 0. The number of rotatable bonds is 6. The fourth-order valence-electron chi connectivity index (χ4n) is 2.87. The van der Waals surface area contributed by atoms with Gasteiger partial charge in [-0.2, -0.15) is 0 Å². The first-order valence-electron chi connectivity index (χ1n) is 9.52. The standard InChI is InChI=1S/C24H10Cl8O3/c25-11-1-4-20(18(30)8-11)35-23-19(31)10-21(33-14-2-3-16(28)17(29)9-14)24(22(23)32)34-15-6-12(26)5-13(27)7-15/h1-10H. The van der Waals surface area contributed by atoms with Gasteiger partial charge in [0.1, 0.15) is 22.3 Å². The number of benzene rings is 4. The van der Waals surface area contributed by atoms with Crippen molar-refractivity contribution in [3.63, 3.8) is 0 Å². The maximum absolute atomic E-state index is 6.71. The van der Waals surface area contributed by atoms with Gasteiger partial charge in [-0.05, 0) is 48.5 Å². The van der Waals surface area contributed by atoms with E-state index in [1.54, 1.807) is 42.5 Å². The Kier molecular flexibility index (Phi) is 8.63. The van der Waals surface area contributed by atoms with Crippen molar-refractivity contribution in [2.24, 2.45) is 0 Å². The molecule has 0 saturated heterocycles. The summed E-state index contributed by atoms with van der Waals surface area (Å²) in [5.41, 5.74) is 0. The van der Waals surface area contributed by atoms with Crippen molar-refractivity contribution in [1.29, 1.82) is 0 Å². The van der Waals surface area contributed by atoms with Crippen LogP contribution in [-0.2, 0) is 0 Å². The highest BCUT2D eigenvalue weighted by Crippen LogP contribution is 2.51. The third-order valence-electron chi connectivity index (χ3n) is 4.38. The van der Waals surface area contributed by atoms with E-state index in [-0.39, 0.29) is 38.1 Å². The molecule has 0 aliphatic heterocycles. The second-order valence-corrected chi connectivity index (χ2v) is 10.2. The summed E-state index contributed by atoms with van der Waals surface area (Å²) in [6, 6.07) is 15.6. The van der Waals surface area contributed by atoms with Gasteiger partial charge in [-0.1, -0.05) is 92.8 Å². The Morgan fingerprint density at radius 1 is 0.400 bits per heavy atom. The fourth-order valence-corrected chi connectivity index (χ4v) is 4.66. The first-order valence-corrected chi connectivity index (χ1v) is 12.5. The van der Waals surface area contributed by atoms with Gasteiger partial charge >= 0.3 is 0 Å². The summed E-state index contributed by atoms with van der Waals surface area (Å²) >= 11 is 49.8. The maximum atomic E-state index is 6.71. The molecule has 0 fully saturated rings. The van der Waals surface area contributed by atoms with Crippen molar-refractivity contribution in [1.82, 2.24) is 0 Å². The van der Waals surface area contributed by atoms with Crippen LogP contribution in [0.25, 0.3) is 0 Å². The van der Waals surface area contributed by atoms with E-state index in [9.17, 15) is 0 Å². The molecule has 3 nitrogen and oxygen atoms in total. The maximum Gasteiger partial charge on any atom is 0.192 e. The van der Waals surface area contributed by atoms with Gasteiger partial charge in [0.2, 0.25) is 0 Å². The van der Waals surface area contributed by atoms with Gasteiger partial charge < -0.3 is 14.2 Å². The molecular weight excluding hydrogens is 620 g/mol. The molecule has 0 aliphatic carbocycles. The second kappa shape index (κ2) is 11.3. The van der Waals surface area contributed by atoms with Gasteiger partial charge in [0.25, 0.3) is 0 Å². The van der Waals surface area contributed by atoms with Crippen molar-refractivity contribution < 1.29 is 14.2 Å². The minimum Gasteiger partial charge on any atom is -0.453 e. The van der Waals surface area contributed by atoms with E-state index in [0.717, 1.165) is 0 Å². The minimum atomic E-state index is -0.00493. The Labute approximate surface area is 240 Å². The van der Waals surface area contributed by atoms with E-state index in [1.165, 1.54) is 18.2 Å². The lowest BCUT2D eigenvalue weighted by Gasteiger charge is -2.18. The van der Waals surface area contributed by atoms with Crippen molar-refractivity contribution in [2.75, 3.05) is 0 Å². The van der Waals surface area contributed by atoms with Gasteiger partial charge in [0.15, 0.2) is 17.2 Å². The minimum absolute atomic E-state index is 0.00493. The monoisotopic (exact) mass is 626 g/mol. The zero-order chi connectivity index (χ0) is 25.3. The Morgan fingerprint density at radius 2 is 1.11 bits per heavy atom. The van der Waals surface area contributed by atoms with Crippen LogP contribution >= 0.6 is 92.8 Å². The fraction of sp³-hybridized carbons (Fsp3) is 0. The molecule has 35 heavy (non-hydrogen) atoms. The third-order valence-corrected chi connectivity index (χ3v) is 6.71. The molecular formula is C24H10Cl8O3. The van der Waals surface area contributed by atoms with Crippen LogP contribution in [0.15, 0.2) is 60.7 Å². The Bertz CT molecular complexity index is 1400. The van der Waals surface area contributed by atoms with Crippen LogP contribution in [0.2, 0.25) is 40.2 Å². The highest BCUT2D eigenvalue weighted by molar-refractivity contribution is 6.42. The Hall–Kier alpha value is -1.40. The number of ether oxygens (including phenoxy) is 3. The zero-order valence-corrected chi connectivity index (χ0v) is 23.1. The predicted molar refractivity (Wildman–Crippen MR) is 146 cm³/mol. The number of hydrogen-bond acceptors (Lipinski definition) is 3. The molecule has 4 aromatic rings. The molecule has 0 unspecified atom stereocenters. The average molecular weight is 630 g/mol. The van der Waals surface area contributed by atoms with Crippen LogP contribution in [-0.4, -0.2) is 0 Å². The van der Waals surface area contributed by atoms with E-state index in [2.05, 4.69) is 0 Å². The molecule has 0 spiro atoms.